The Hall–Kier alpha value is -2.61. The minimum absolute atomic E-state index is 0.0837. The number of nitrogens with two attached hydrogens (primary N) is 1. The van der Waals surface area contributed by atoms with Gasteiger partial charge in [-0.25, -0.2) is 15.0 Å². The van der Waals surface area contributed by atoms with Crippen molar-refractivity contribution in [2.24, 2.45) is 0 Å². The van der Waals surface area contributed by atoms with Gasteiger partial charge in [0.25, 0.3) is 5.91 Å². The van der Waals surface area contributed by atoms with Crippen molar-refractivity contribution < 1.29 is 4.79 Å². The van der Waals surface area contributed by atoms with E-state index in [1.165, 1.54) is 23.7 Å². The first-order chi connectivity index (χ1) is 11.2. The molecule has 0 radical (unpaired) electrons. The normalized spacial score (nSPS) is 17.7. The highest BCUT2D eigenvalue weighted by Crippen LogP contribution is 2.29. The number of anilines is 1. The maximum Gasteiger partial charge on any atom is 0.274 e. The predicted molar refractivity (Wildman–Crippen MR) is 87.1 cm³/mol. The van der Waals surface area contributed by atoms with E-state index in [9.17, 15) is 4.79 Å². The van der Waals surface area contributed by atoms with E-state index >= 15 is 0 Å². The molecule has 3 aromatic rings. The van der Waals surface area contributed by atoms with Crippen LogP contribution in [0.4, 0.5) is 5.13 Å². The van der Waals surface area contributed by atoms with Gasteiger partial charge in [-0.3, -0.25) is 9.78 Å². The van der Waals surface area contributed by atoms with Crippen molar-refractivity contribution in [3.8, 4) is 0 Å². The van der Waals surface area contributed by atoms with Crippen LogP contribution in [0.25, 0.3) is 10.3 Å². The van der Waals surface area contributed by atoms with Crippen molar-refractivity contribution >= 4 is 32.7 Å². The van der Waals surface area contributed by atoms with E-state index in [1.807, 2.05) is 12.1 Å². The van der Waals surface area contributed by atoms with Gasteiger partial charge in [-0.05, 0) is 18.6 Å². The maximum atomic E-state index is 12.4. The monoisotopic (exact) mass is 326 g/mol. The summed E-state index contributed by atoms with van der Waals surface area (Å²) in [5.74, 6) is 0.127. The van der Waals surface area contributed by atoms with E-state index in [2.05, 4.69) is 19.9 Å². The Labute approximate surface area is 136 Å². The van der Waals surface area contributed by atoms with Crippen LogP contribution in [-0.4, -0.2) is 43.8 Å². The second-order valence-corrected chi connectivity index (χ2v) is 6.50. The van der Waals surface area contributed by atoms with Gasteiger partial charge in [0, 0.05) is 37.1 Å². The predicted octanol–water partition coefficient (Wildman–Crippen LogP) is 1.69. The van der Waals surface area contributed by atoms with Crippen molar-refractivity contribution in [2.75, 3.05) is 18.8 Å². The van der Waals surface area contributed by atoms with Gasteiger partial charge in [0.15, 0.2) is 10.8 Å². The fraction of sp³-hybridized carbons (Fsp3) is 0.267. The highest BCUT2D eigenvalue weighted by molar-refractivity contribution is 7.21. The lowest BCUT2D eigenvalue weighted by Crippen LogP contribution is -2.29. The average molecular weight is 326 g/mol. The molecular formula is C15H14N6OS. The molecule has 0 aliphatic carbocycles. The molecule has 0 saturated carbocycles. The summed E-state index contributed by atoms with van der Waals surface area (Å²) in [5, 5.41) is 0.524. The third-order valence-electron chi connectivity index (χ3n) is 3.97. The van der Waals surface area contributed by atoms with E-state index in [-0.39, 0.29) is 11.8 Å². The molecule has 7 nitrogen and oxygen atoms in total. The molecule has 2 N–H and O–H groups in total. The molecule has 23 heavy (non-hydrogen) atoms. The summed E-state index contributed by atoms with van der Waals surface area (Å²) in [6.07, 6.45) is 5.47. The van der Waals surface area contributed by atoms with Gasteiger partial charge in [0.05, 0.1) is 10.9 Å². The number of amides is 1. The number of nitrogens with zero attached hydrogens (tertiary/aromatic N) is 5. The van der Waals surface area contributed by atoms with E-state index in [0.717, 1.165) is 16.8 Å². The molecule has 1 saturated heterocycles. The molecule has 1 aliphatic heterocycles. The fourth-order valence-corrected chi connectivity index (χ4v) is 3.51. The molecular weight excluding hydrogens is 312 g/mol. The zero-order valence-corrected chi connectivity index (χ0v) is 13.0. The number of aromatic nitrogens is 4. The molecule has 0 aromatic carbocycles. The van der Waals surface area contributed by atoms with Crippen molar-refractivity contribution in [3.63, 3.8) is 0 Å². The molecule has 116 valence electrons. The second-order valence-electron chi connectivity index (χ2n) is 5.44. The molecule has 0 spiro atoms. The summed E-state index contributed by atoms with van der Waals surface area (Å²) in [7, 11) is 0. The van der Waals surface area contributed by atoms with Crippen LogP contribution in [0.1, 0.15) is 28.5 Å². The second kappa shape index (κ2) is 5.54. The molecule has 1 fully saturated rings. The van der Waals surface area contributed by atoms with Crippen molar-refractivity contribution in [1.82, 2.24) is 24.8 Å². The van der Waals surface area contributed by atoms with Gasteiger partial charge in [0.2, 0.25) is 0 Å². The summed E-state index contributed by atoms with van der Waals surface area (Å²) in [6.45, 7) is 1.33. The number of hydrogen-bond acceptors (Lipinski definition) is 7. The molecule has 1 atom stereocenters. The summed E-state index contributed by atoms with van der Waals surface area (Å²) >= 11 is 1.43. The number of fused-ring (bicyclic) bond motifs is 1. The molecule has 4 rings (SSSR count). The van der Waals surface area contributed by atoms with Crippen LogP contribution < -0.4 is 5.73 Å². The van der Waals surface area contributed by atoms with E-state index in [1.54, 1.807) is 11.1 Å². The topological polar surface area (TPSA) is 97.9 Å². The Bertz CT molecular complexity index is 865. The molecule has 1 aliphatic rings. The molecule has 8 heteroatoms. The Balaban J connectivity index is 1.54. The first kappa shape index (κ1) is 14.0. The highest BCUT2D eigenvalue weighted by Gasteiger charge is 2.29. The number of likely N-dealkylation sites (tertiary alicyclic amines) is 1. The number of carbonyl (C=O) groups is 1. The Morgan fingerprint density at radius 2 is 2.22 bits per heavy atom. The van der Waals surface area contributed by atoms with E-state index in [4.69, 9.17) is 5.73 Å². The number of pyridine rings is 1. The highest BCUT2D eigenvalue weighted by atomic mass is 32.1. The Morgan fingerprint density at radius 3 is 3.04 bits per heavy atom. The zero-order valence-electron chi connectivity index (χ0n) is 12.2. The lowest BCUT2D eigenvalue weighted by atomic mass is 10.0. The van der Waals surface area contributed by atoms with Crippen LogP contribution in [0.15, 0.2) is 30.7 Å². The van der Waals surface area contributed by atoms with E-state index in [0.29, 0.717) is 29.6 Å². The SMILES string of the molecule is Nc1nc2nc(C3CCN(C(=O)c4cnccn4)C3)ccc2s1. The molecule has 3 aromatic heterocycles. The third-order valence-corrected chi connectivity index (χ3v) is 4.81. The zero-order chi connectivity index (χ0) is 15.8. The van der Waals surface area contributed by atoms with Crippen LogP contribution in [0.3, 0.4) is 0 Å². The van der Waals surface area contributed by atoms with Gasteiger partial charge in [0.1, 0.15) is 5.69 Å². The van der Waals surface area contributed by atoms with Crippen LogP contribution in [0, 0.1) is 0 Å². The number of thiazole rings is 1. The third kappa shape index (κ3) is 2.61. The van der Waals surface area contributed by atoms with Crippen LogP contribution >= 0.6 is 11.3 Å². The number of nitrogen functional groups attached to an aromatic ring is 1. The largest absolute Gasteiger partial charge is 0.375 e. The smallest absolute Gasteiger partial charge is 0.274 e. The van der Waals surface area contributed by atoms with Crippen LogP contribution in [0.2, 0.25) is 0 Å². The quantitative estimate of drug-likeness (QED) is 0.769. The standard InChI is InChI=1S/C15H14N6OS/c16-15-20-13-12(23-15)2-1-10(19-13)9-3-6-21(8-9)14(22)11-7-17-4-5-18-11/h1-2,4-5,7,9H,3,6,8H2,(H2,16,19,20). The van der Waals surface area contributed by atoms with Crippen LogP contribution in [0.5, 0.6) is 0 Å². The Morgan fingerprint density at radius 1 is 1.30 bits per heavy atom. The molecule has 1 unspecified atom stereocenters. The minimum atomic E-state index is -0.0837. The minimum Gasteiger partial charge on any atom is -0.375 e. The van der Waals surface area contributed by atoms with Crippen molar-refractivity contribution in [1.29, 1.82) is 0 Å². The summed E-state index contributed by atoms with van der Waals surface area (Å²) in [4.78, 5) is 31.1. The summed E-state index contributed by atoms with van der Waals surface area (Å²) in [6, 6.07) is 4.00. The van der Waals surface area contributed by atoms with Gasteiger partial charge < -0.3 is 10.6 Å². The fourth-order valence-electron chi connectivity index (χ4n) is 2.83. The van der Waals surface area contributed by atoms with Gasteiger partial charge >= 0.3 is 0 Å². The van der Waals surface area contributed by atoms with Gasteiger partial charge in [-0.15, -0.1) is 0 Å². The first-order valence-electron chi connectivity index (χ1n) is 7.29. The number of rotatable bonds is 2. The average Bonchev–Trinajstić information content (AvgIpc) is 3.19. The maximum absolute atomic E-state index is 12.4. The summed E-state index contributed by atoms with van der Waals surface area (Å²) < 4.78 is 0.983. The lowest BCUT2D eigenvalue weighted by molar-refractivity contribution is 0.0784. The lowest BCUT2D eigenvalue weighted by Gasteiger charge is -2.15. The Kier molecular flexibility index (Phi) is 3.38. The van der Waals surface area contributed by atoms with Gasteiger partial charge in [-0.2, -0.15) is 0 Å². The molecule has 1 amide bonds. The van der Waals surface area contributed by atoms with Crippen molar-refractivity contribution in [2.45, 2.75) is 12.3 Å². The molecule has 0 bridgehead atoms. The number of carbonyl (C=O) groups excluding carboxylic acids is 1. The number of hydrogen-bond donors (Lipinski definition) is 1. The van der Waals surface area contributed by atoms with Crippen molar-refractivity contribution in [3.05, 3.63) is 42.1 Å². The van der Waals surface area contributed by atoms with Crippen LogP contribution in [-0.2, 0) is 0 Å². The van der Waals surface area contributed by atoms with E-state index < -0.39 is 0 Å². The summed E-state index contributed by atoms with van der Waals surface area (Å²) in [5.41, 5.74) is 7.74. The molecule has 4 heterocycles. The van der Waals surface area contributed by atoms with Gasteiger partial charge in [-0.1, -0.05) is 11.3 Å². The first-order valence-corrected chi connectivity index (χ1v) is 8.10.